The van der Waals surface area contributed by atoms with E-state index in [1.165, 1.54) is 6.26 Å². The number of hydrogen-bond acceptors (Lipinski definition) is 4. The average Bonchev–Trinajstić information content (AvgIpc) is 2.09. The van der Waals surface area contributed by atoms with Gasteiger partial charge in [0, 0.05) is 24.9 Å². The summed E-state index contributed by atoms with van der Waals surface area (Å²) in [5.74, 6) is 0.752. The van der Waals surface area contributed by atoms with Crippen LogP contribution < -0.4 is 5.32 Å². The van der Waals surface area contributed by atoms with Gasteiger partial charge in [-0.15, -0.1) is 0 Å². The van der Waals surface area contributed by atoms with Crippen molar-refractivity contribution >= 4 is 9.84 Å². The van der Waals surface area contributed by atoms with Gasteiger partial charge in [-0.1, -0.05) is 6.92 Å². The molecule has 0 bridgehead atoms. The molecule has 0 aromatic carbocycles. The molecule has 1 atom stereocenters. The molecule has 4 nitrogen and oxygen atoms in total. The van der Waals surface area contributed by atoms with Crippen molar-refractivity contribution < 1.29 is 8.42 Å². The quantitative estimate of drug-likeness (QED) is 0.745. The molecule has 5 heteroatoms. The largest absolute Gasteiger partial charge is 0.312 e. The van der Waals surface area contributed by atoms with Crippen LogP contribution in [0, 0.1) is 5.92 Å². The van der Waals surface area contributed by atoms with Crippen molar-refractivity contribution in [2.75, 3.05) is 38.7 Å². The van der Waals surface area contributed by atoms with E-state index in [2.05, 4.69) is 37.9 Å². The zero-order valence-electron chi connectivity index (χ0n) is 12.1. The van der Waals surface area contributed by atoms with Crippen LogP contribution in [0.15, 0.2) is 0 Å². The second kappa shape index (κ2) is 6.71. The minimum absolute atomic E-state index is 0.138. The Morgan fingerprint density at radius 3 is 2.24 bits per heavy atom. The molecule has 0 heterocycles. The van der Waals surface area contributed by atoms with Crippen molar-refractivity contribution in [3.63, 3.8) is 0 Å². The molecule has 0 aliphatic heterocycles. The van der Waals surface area contributed by atoms with Crippen molar-refractivity contribution in [3.05, 3.63) is 0 Å². The highest BCUT2D eigenvalue weighted by molar-refractivity contribution is 7.90. The Kier molecular flexibility index (Phi) is 6.66. The number of sulfone groups is 1. The lowest BCUT2D eigenvalue weighted by atomic mass is 10.1. The van der Waals surface area contributed by atoms with E-state index in [9.17, 15) is 8.42 Å². The fraction of sp³-hybridized carbons (Fsp3) is 1.00. The maximum absolute atomic E-state index is 11.0. The van der Waals surface area contributed by atoms with Crippen LogP contribution in [0.2, 0.25) is 0 Å². The van der Waals surface area contributed by atoms with Gasteiger partial charge in [0.2, 0.25) is 0 Å². The zero-order valence-corrected chi connectivity index (χ0v) is 12.9. The molecule has 0 aromatic heterocycles. The summed E-state index contributed by atoms with van der Waals surface area (Å²) in [4.78, 5) is 2.08. The third kappa shape index (κ3) is 12.1. The molecule has 0 aliphatic rings. The van der Waals surface area contributed by atoms with Crippen molar-refractivity contribution in [2.45, 2.75) is 33.2 Å². The fourth-order valence-corrected chi connectivity index (χ4v) is 2.13. The van der Waals surface area contributed by atoms with Crippen molar-refractivity contribution in [3.8, 4) is 0 Å². The van der Waals surface area contributed by atoms with Crippen molar-refractivity contribution in [2.24, 2.45) is 5.92 Å². The Labute approximate surface area is 107 Å². The molecule has 0 radical (unpaired) electrons. The molecule has 0 rings (SSSR count). The van der Waals surface area contributed by atoms with Crippen LogP contribution in [0.5, 0.6) is 0 Å². The Morgan fingerprint density at radius 2 is 1.82 bits per heavy atom. The van der Waals surface area contributed by atoms with Gasteiger partial charge in [-0.2, -0.15) is 0 Å². The van der Waals surface area contributed by atoms with Gasteiger partial charge in [0.1, 0.15) is 9.84 Å². The normalized spacial score (nSPS) is 15.2. The number of hydrogen-bond donors (Lipinski definition) is 1. The number of rotatable bonds is 7. The second-order valence-corrected chi connectivity index (χ2v) is 8.39. The first-order valence-electron chi connectivity index (χ1n) is 6.11. The molecule has 1 unspecified atom stereocenters. The smallest absolute Gasteiger partial charge is 0.148 e. The van der Waals surface area contributed by atoms with Gasteiger partial charge in [-0.25, -0.2) is 8.42 Å². The lowest BCUT2D eigenvalue weighted by Gasteiger charge is -2.26. The molecule has 104 valence electrons. The molecule has 0 spiro atoms. The highest BCUT2D eigenvalue weighted by Crippen LogP contribution is 2.03. The van der Waals surface area contributed by atoms with Crippen LogP contribution in [0.1, 0.15) is 27.7 Å². The van der Waals surface area contributed by atoms with Crippen LogP contribution in [-0.4, -0.2) is 57.5 Å². The lowest BCUT2D eigenvalue weighted by molar-refractivity contribution is 0.278. The van der Waals surface area contributed by atoms with Gasteiger partial charge >= 0.3 is 0 Å². The maximum atomic E-state index is 11.0. The SMILES string of the molecule is CC(CNC(C)(C)C)CN(C)CCS(C)(=O)=O. The minimum Gasteiger partial charge on any atom is -0.312 e. The Morgan fingerprint density at radius 1 is 1.29 bits per heavy atom. The predicted molar refractivity (Wildman–Crippen MR) is 74.1 cm³/mol. The third-order valence-electron chi connectivity index (χ3n) is 2.45. The molecule has 1 N–H and O–H groups in total. The predicted octanol–water partition coefficient (Wildman–Crippen LogP) is 0.987. The van der Waals surface area contributed by atoms with E-state index in [4.69, 9.17) is 0 Å². The van der Waals surface area contributed by atoms with E-state index in [0.29, 0.717) is 12.5 Å². The van der Waals surface area contributed by atoms with Gasteiger partial charge in [0.25, 0.3) is 0 Å². The van der Waals surface area contributed by atoms with Crippen LogP contribution in [-0.2, 0) is 9.84 Å². The zero-order chi connectivity index (χ0) is 13.7. The molecule has 17 heavy (non-hydrogen) atoms. The molecule has 0 aliphatic carbocycles. The summed E-state index contributed by atoms with van der Waals surface area (Å²) in [6.07, 6.45) is 1.28. The van der Waals surface area contributed by atoms with E-state index in [-0.39, 0.29) is 11.3 Å². The van der Waals surface area contributed by atoms with Crippen LogP contribution in [0.25, 0.3) is 0 Å². The summed E-state index contributed by atoms with van der Waals surface area (Å²) in [6.45, 7) is 11.1. The van der Waals surface area contributed by atoms with Gasteiger partial charge < -0.3 is 10.2 Å². The summed E-state index contributed by atoms with van der Waals surface area (Å²) in [7, 11) is -0.877. The molecule has 0 saturated carbocycles. The van der Waals surface area contributed by atoms with Gasteiger partial charge in [-0.05, 0) is 40.3 Å². The third-order valence-corrected chi connectivity index (χ3v) is 3.37. The monoisotopic (exact) mass is 264 g/mol. The summed E-state index contributed by atoms with van der Waals surface area (Å²) in [5, 5.41) is 3.45. The molecule has 0 saturated heterocycles. The Bertz CT molecular complexity index is 307. The highest BCUT2D eigenvalue weighted by atomic mass is 32.2. The van der Waals surface area contributed by atoms with Gasteiger partial charge in [0.15, 0.2) is 0 Å². The van der Waals surface area contributed by atoms with Crippen molar-refractivity contribution in [1.82, 2.24) is 10.2 Å². The fourth-order valence-electron chi connectivity index (χ4n) is 1.49. The minimum atomic E-state index is -2.85. The summed E-state index contributed by atoms with van der Waals surface area (Å²) < 4.78 is 22.1. The first-order chi connectivity index (χ1) is 7.49. The molecular weight excluding hydrogens is 236 g/mol. The van der Waals surface area contributed by atoms with E-state index < -0.39 is 9.84 Å². The molecular formula is C12H28N2O2S. The topological polar surface area (TPSA) is 49.4 Å². The molecule has 0 aromatic rings. The van der Waals surface area contributed by atoms with Crippen molar-refractivity contribution in [1.29, 1.82) is 0 Å². The number of nitrogens with one attached hydrogen (secondary N) is 1. The molecule has 0 fully saturated rings. The lowest BCUT2D eigenvalue weighted by Crippen LogP contribution is -2.41. The van der Waals surface area contributed by atoms with E-state index >= 15 is 0 Å². The van der Waals surface area contributed by atoms with Gasteiger partial charge in [0.05, 0.1) is 5.75 Å². The maximum Gasteiger partial charge on any atom is 0.148 e. The Balaban J connectivity index is 3.84. The first-order valence-corrected chi connectivity index (χ1v) is 8.17. The van der Waals surface area contributed by atoms with E-state index in [0.717, 1.165) is 13.1 Å². The van der Waals surface area contributed by atoms with Crippen LogP contribution in [0.3, 0.4) is 0 Å². The second-order valence-electron chi connectivity index (χ2n) is 6.13. The summed E-state index contributed by atoms with van der Waals surface area (Å²) in [6, 6.07) is 0. The van der Waals surface area contributed by atoms with Crippen LogP contribution >= 0.6 is 0 Å². The summed E-state index contributed by atoms with van der Waals surface area (Å²) in [5.41, 5.74) is 0.138. The average molecular weight is 264 g/mol. The Hall–Kier alpha value is -0.130. The number of nitrogens with zero attached hydrogens (tertiary/aromatic N) is 1. The van der Waals surface area contributed by atoms with Crippen LogP contribution in [0.4, 0.5) is 0 Å². The van der Waals surface area contributed by atoms with Gasteiger partial charge in [-0.3, -0.25) is 0 Å². The highest BCUT2D eigenvalue weighted by Gasteiger charge is 2.13. The molecule has 0 amide bonds. The van der Waals surface area contributed by atoms with E-state index in [1.54, 1.807) is 0 Å². The first kappa shape index (κ1) is 16.9. The van der Waals surface area contributed by atoms with E-state index in [1.807, 2.05) is 7.05 Å². The standard InChI is InChI=1S/C12H28N2O2S/c1-11(9-13-12(2,3)4)10-14(5)7-8-17(6,15)16/h11,13H,7-10H2,1-6H3. The summed E-state index contributed by atoms with van der Waals surface area (Å²) >= 11 is 0.